The number of nitrogens with one attached hydrogen (secondary N) is 1. The summed E-state index contributed by atoms with van der Waals surface area (Å²) in [6, 6.07) is 9.28. The molecule has 0 aliphatic heterocycles. The highest BCUT2D eigenvalue weighted by atomic mass is 19.1. The van der Waals surface area contributed by atoms with E-state index in [1.807, 2.05) is 0 Å². The van der Waals surface area contributed by atoms with Crippen molar-refractivity contribution in [1.29, 1.82) is 0 Å². The monoisotopic (exact) mass is 451 g/mol. The maximum absolute atomic E-state index is 14.0. The standard InChI is InChI=1S/C22H22FN7O3/c1-22(2,20(25)31)21(32)29-18-7-9-26-19(28-18)15(24)11-17(16-8-10-33-30-16)27-12-13-5-3-4-6-14(13)23/h3-11H,12,24H2,1-2H3,(H2,25,31)(H,26,28,29,32). The van der Waals surface area contributed by atoms with Gasteiger partial charge in [-0.3, -0.25) is 14.6 Å². The lowest BCUT2D eigenvalue weighted by molar-refractivity contribution is -0.136. The smallest absolute Gasteiger partial charge is 0.240 e. The number of carbonyl (C=O) groups excluding carboxylic acids is 2. The highest BCUT2D eigenvalue weighted by Crippen LogP contribution is 2.18. The van der Waals surface area contributed by atoms with Crippen LogP contribution in [0.5, 0.6) is 0 Å². The van der Waals surface area contributed by atoms with E-state index in [1.54, 1.807) is 24.3 Å². The Morgan fingerprint density at radius 1 is 1.21 bits per heavy atom. The van der Waals surface area contributed by atoms with Crippen LogP contribution in [0.1, 0.15) is 30.9 Å². The van der Waals surface area contributed by atoms with Gasteiger partial charge in [0.05, 0.1) is 18.0 Å². The number of anilines is 1. The van der Waals surface area contributed by atoms with E-state index in [1.165, 1.54) is 44.5 Å². The second kappa shape index (κ2) is 9.81. The minimum atomic E-state index is -1.44. The number of aromatic nitrogens is 3. The lowest BCUT2D eigenvalue weighted by Crippen LogP contribution is -2.42. The normalized spacial score (nSPS) is 12.5. The fourth-order valence-electron chi connectivity index (χ4n) is 2.51. The molecule has 0 radical (unpaired) electrons. The first kappa shape index (κ1) is 23.3. The highest BCUT2D eigenvalue weighted by molar-refractivity contribution is 6.11. The van der Waals surface area contributed by atoms with E-state index >= 15 is 0 Å². The Kier molecular flexibility index (Phi) is 6.91. The number of nitrogens with zero attached hydrogens (tertiary/aromatic N) is 4. The molecule has 0 aliphatic rings. The van der Waals surface area contributed by atoms with Crippen LogP contribution < -0.4 is 16.8 Å². The molecule has 0 unspecified atom stereocenters. The van der Waals surface area contributed by atoms with Crippen LogP contribution in [0.15, 0.2) is 64.4 Å². The van der Waals surface area contributed by atoms with Gasteiger partial charge in [-0.2, -0.15) is 0 Å². The Balaban J connectivity index is 1.88. The van der Waals surface area contributed by atoms with Crippen LogP contribution in [-0.2, 0) is 16.1 Å². The van der Waals surface area contributed by atoms with E-state index in [9.17, 15) is 14.0 Å². The maximum Gasteiger partial charge on any atom is 0.240 e. The average Bonchev–Trinajstić information content (AvgIpc) is 3.32. The highest BCUT2D eigenvalue weighted by Gasteiger charge is 2.34. The topological polar surface area (TPSA) is 162 Å². The third-order valence-electron chi connectivity index (χ3n) is 4.71. The summed E-state index contributed by atoms with van der Waals surface area (Å²) in [4.78, 5) is 36.6. The Morgan fingerprint density at radius 2 is 1.97 bits per heavy atom. The second-order valence-corrected chi connectivity index (χ2v) is 7.49. The molecule has 0 atom stereocenters. The lowest BCUT2D eigenvalue weighted by Gasteiger charge is -2.19. The molecule has 2 amide bonds. The number of aliphatic imine (C=N–C) groups is 1. The van der Waals surface area contributed by atoms with Gasteiger partial charge in [-0.1, -0.05) is 23.4 Å². The molecule has 2 aromatic heterocycles. The molecule has 0 fully saturated rings. The van der Waals surface area contributed by atoms with Crippen LogP contribution in [0, 0.1) is 11.2 Å². The lowest BCUT2D eigenvalue weighted by atomic mass is 9.91. The number of rotatable bonds is 8. The van der Waals surface area contributed by atoms with E-state index < -0.39 is 17.2 Å². The zero-order chi connectivity index (χ0) is 24.0. The molecular formula is C22H22FN7O3. The van der Waals surface area contributed by atoms with Crippen molar-refractivity contribution in [3.05, 3.63) is 77.8 Å². The van der Waals surface area contributed by atoms with Gasteiger partial charge < -0.3 is 21.3 Å². The van der Waals surface area contributed by atoms with Gasteiger partial charge in [-0.15, -0.1) is 0 Å². The molecule has 10 nitrogen and oxygen atoms in total. The van der Waals surface area contributed by atoms with E-state index in [2.05, 4.69) is 25.4 Å². The molecule has 5 N–H and O–H groups in total. The minimum Gasteiger partial charge on any atom is -0.396 e. The van der Waals surface area contributed by atoms with Gasteiger partial charge in [0.25, 0.3) is 0 Å². The SMILES string of the molecule is CC(C)(C(N)=O)C(=O)Nc1ccnc(C(N)=CC(=NCc2ccccc2F)c2ccon2)n1. The van der Waals surface area contributed by atoms with Crippen molar-refractivity contribution in [3.63, 3.8) is 0 Å². The number of benzene rings is 1. The molecule has 3 rings (SSSR count). The van der Waals surface area contributed by atoms with Crippen molar-refractivity contribution in [2.45, 2.75) is 20.4 Å². The molecule has 3 aromatic rings. The van der Waals surface area contributed by atoms with Crippen molar-refractivity contribution in [2.24, 2.45) is 21.9 Å². The first-order valence-electron chi connectivity index (χ1n) is 9.79. The maximum atomic E-state index is 14.0. The Labute approximate surface area is 188 Å². The molecule has 33 heavy (non-hydrogen) atoms. The number of halogens is 1. The first-order chi connectivity index (χ1) is 15.7. The molecule has 0 saturated heterocycles. The number of hydrogen-bond acceptors (Lipinski definition) is 8. The Bertz CT molecular complexity index is 1220. The van der Waals surface area contributed by atoms with E-state index in [-0.39, 0.29) is 29.7 Å². The van der Waals surface area contributed by atoms with Crippen LogP contribution in [0.2, 0.25) is 0 Å². The Hall–Kier alpha value is -4.41. The molecule has 2 heterocycles. The van der Waals surface area contributed by atoms with E-state index in [0.29, 0.717) is 17.0 Å². The number of allylic oxidation sites excluding steroid dienone is 1. The molecule has 0 saturated carbocycles. The van der Waals surface area contributed by atoms with Gasteiger partial charge in [0, 0.05) is 17.8 Å². The quantitative estimate of drug-likeness (QED) is 0.348. The summed E-state index contributed by atoms with van der Waals surface area (Å²) in [7, 11) is 0. The molecular weight excluding hydrogens is 429 g/mol. The fourth-order valence-corrected chi connectivity index (χ4v) is 2.51. The van der Waals surface area contributed by atoms with Crippen LogP contribution >= 0.6 is 0 Å². The van der Waals surface area contributed by atoms with Gasteiger partial charge in [0.15, 0.2) is 5.82 Å². The third kappa shape index (κ3) is 5.64. The van der Waals surface area contributed by atoms with E-state index in [0.717, 1.165) is 0 Å². The predicted molar refractivity (Wildman–Crippen MR) is 119 cm³/mol. The summed E-state index contributed by atoms with van der Waals surface area (Å²) >= 11 is 0. The summed E-state index contributed by atoms with van der Waals surface area (Å²) in [5.41, 5.74) is 11.2. The summed E-state index contributed by atoms with van der Waals surface area (Å²) in [5, 5.41) is 6.38. The molecule has 0 bridgehead atoms. The number of amides is 2. The summed E-state index contributed by atoms with van der Waals surface area (Å²) in [6.07, 6.45) is 4.22. The fraction of sp³-hybridized carbons (Fsp3) is 0.182. The van der Waals surface area contributed by atoms with Crippen LogP contribution in [-0.4, -0.2) is 32.7 Å². The summed E-state index contributed by atoms with van der Waals surface area (Å²) in [5.74, 6) is -1.58. The minimum absolute atomic E-state index is 0.0395. The van der Waals surface area contributed by atoms with Crippen molar-refractivity contribution in [3.8, 4) is 0 Å². The van der Waals surface area contributed by atoms with Gasteiger partial charge >= 0.3 is 0 Å². The molecule has 11 heteroatoms. The molecule has 0 spiro atoms. The average molecular weight is 451 g/mol. The van der Waals surface area contributed by atoms with E-state index in [4.69, 9.17) is 16.0 Å². The third-order valence-corrected chi connectivity index (χ3v) is 4.71. The van der Waals surface area contributed by atoms with Crippen molar-refractivity contribution in [1.82, 2.24) is 15.1 Å². The van der Waals surface area contributed by atoms with Gasteiger partial charge in [0.2, 0.25) is 11.8 Å². The number of nitrogens with two attached hydrogens (primary N) is 2. The predicted octanol–water partition coefficient (Wildman–Crippen LogP) is 2.04. The number of primary amides is 1. The van der Waals surface area contributed by atoms with Crippen molar-refractivity contribution in [2.75, 3.05) is 5.32 Å². The van der Waals surface area contributed by atoms with Gasteiger partial charge in [0.1, 0.15) is 29.0 Å². The molecule has 0 aliphatic carbocycles. The first-order valence-corrected chi connectivity index (χ1v) is 9.79. The molecule has 170 valence electrons. The van der Waals surface area contributed by atoms with Crippen LogP contribution in [0.25, 0.3) is 5.70 Å². The summed E-state index contributed by atoms with van der Waals surface area (Å²) < 4.78 is 18.8. The number of hydrogen-bond donors (Lipinski definition) is 3. The Morgan fingerprint density at radius 3 is 2.64 bits per heavy atom. The zero-order valence-corrected chi connectivity index (χ0v) is 17.9. The van der Waals surface area contributed by atoms with Gasteiger partial charge in [-0.25, -0.2) is 14.4 Å². The van der Waals surface area contributed by atoms with Crippen molar-refractivity contribution >= 4 is 29.0 Å². The van der Waals surface area contributed by atoms with Crippen LogP contribution in [0.3, 0.4) is 0 Å². The second-order valence-electron chi connectivity index (χ2n) is 7.49. The van der Waals surface area contributed by atoms with Crippen molar-refractivity contribution < 1.29 is 18.5 Å². The van der Waals surface area contributed by atoms with Gasteiger partial charge in [-0.05, 0) is 32.1 Å². The zero-order valence-electron chi connectivity index (χ0n) is 17.9. The number of carbonyl (C=O) groups is 2. The van der Waals surface area contributed by atoms with Crippen LogP contribution in [0.4, 0.5) is 10.2 Å². The largest absolute Gasteiger partial charge is 0.396 e. The summed E-state index contributed by atoms with van der Waals surface area (Å²) in [6.45, 7) is 2.84. The molecule has 1 aromatic carbocycles.